The number of hydrogen-bond acceptors (Lipinski definition) is 3. The number of nitrogens with one attached hydrogen (secondary N) is 2. The molecule has 0 spiro atoms. The van der Waals surface area contributed by atoms with Crippen LogP contribution in [0.4, 0.5) is 17.1 Å². The van der Waals surface area contributed by atoms with Gasteiger partial charge in [-0.25, -0.2) is 0 Å². The summed E-state index contributed by atoms with van der Waals surface area (Å²) in [6.45, 7) is 1.78. The second-order valence-corrected chi connectivity index (χ2v) is 4.56. The molecule has 0 aromatic heterocycles. The Hall–Kier alpha value is -2.82. The number of anilines is 3. The highest BCUT2D eigenvalue weighted by molar-refractivity contribution is 6.04. The lowest BCUT2D eigenvalue weighted by Gasteiger charge is -2.08. The van der Waals surface area contributed by atoms with E-state index >= 15 is 0 Å². The van der Waals surface area contributed by atoms with E-state index in [2.05, 4.69) is 10.6 Å². The molecule has 2 aromatic rings. The minimum Gasteiger partial charge on any atom is -0.399 e. The Morgan fingerprint density at radius 1 is 1.00 bits per heavy atom. The van der Waals surface area contributed by atoms with Crippen LogP contribution in [0.5, 0.6) is 0 Å². The Balaban J connectivity index is 2.08. The standard InChI is InChI=1S/C16H17N3O2/c1-2-15(20)18-13-4-3-5-14(10-13)19-16(21)11-6-8-12(17)9-7-11/h3-10H,2,17H2,1H3,(H,18,20)(H,19,21). The largest absolute Gasteiger partial charge is 0.399 e. The lowest BCUT2D eigenvalue weighted by atomic mass is 10.2. The number of hydrogen-bond donors (Lipinski definition) is 3. The van der Waals surface area contributed by atoms with E-state index in [1.807, 2.05) is 0 Å². The molecule has 2 aromatic carbocycles. The first-order valence-corrected chi connectivity index (χ1v) is 6.65. The first-order chi connectivity index (χ1) is 10.1. The molecule has 0 atom stereocenters. The molecular weight excluding hydrogens is 266 g/mol. The minimum absolute atomic E-state index is 0.0722. The van der Waals surface area contributed by atoms with Crippen LogP contribution in [0.1, 0.15) is 23.7 Å². The fourth-order valence-corrected chi connectivity index (χ4v) is 1.76. The topological polar surface area (TPSA) is 84.2 Å². The fourth-order valence-electron chi connectivity index (χ4n) is 1.76. The van der Waals surface area contributed by atoms with Crippen molar-refractivity contribution in [3.63, 3.8) is 0 Å². The summed E-state index contributed by atoms with van der Waals surface area (Å²) in [5.74, 6) is -0.300. The maximum Gasteiger partial charge on any atom is 0.255 e. The Morgan fingerprint density at radius 3 is 2.24 bits per heavy atom. The van der Waals surface area contributed by atoms with E-state index in [9.17, 15) is 9.59 Å². The normalized spacial score (nSPS) is 9.95. The zero-order valence-electron chi connectivity index (χ0n) is 11.7. The van der Waals surface area contributed by atoms with Crippen LogP contribution in [0.15, 0.2) is 48.5 Å². The molecule has 0 aliphatic carbocycles. The molecule has 0 heterocycles. The van der Waals surface area contributed by atoms with Crippen LogP contribution in [0.25, 0.3) is 0 Å². The molecule has 0 fully saturated rings. The van der Waals surface area contributed by atoms with Crippen LogP contribution in [-0.2, 0) is 4.79 Å². The van der Waals surface area contributed by atoms with E-state index in [0.29, 0.717) is 29.0 Å². The summed E-state index contributed by atoms with van der Waals surface area (Å²) in [6.07, 6.45) is 0.405. The van der Waals surface area contributed by atoms with E-state index in [-0.39, 0.29) is 11.8 Å². The second kappa shape index (κ2) is 6.56. The SMILES string of the molecule is CCC(=O)Nc1cccc(NC(=O)c2ccc(N)cc2)c1. The van der Waals surface area contributed by atoms with Crippen molar-refractivity contribution in [2.24, 2.45) is 0 Å². The monoisotopic (exact) mass is 283 g/mol. The van der Waals surface area contributed by atoms with Crippen LogP contribution in [0, 0.1) is 0 Å². The summed E-state index contributed by atoms with van der Waals surface area (Å²) in [7, 11) is 0. The van der Waals surface area contributed by atoms with E-state index in [1.54, 1.807) is 55.5 Å². The highest BCUT2D eigenvalue weighted by Gasteiger charge is 2.06. The van der Waals surface area contributed by atoms with Crippen LogP contribution < -0.4 is 16.4 Å². The van der Waals surface area contributed by atoms with Crippen molar-refractivity contribution >= 4 is 28.9 Å². The van der Waals surface area contributed by atoms with Gasteiger partial charge in [0.15, 0.2) is 0 Å². The van der Waals surface area contributed by atoms with Crippen molar-refractivity contribution in [3.8, 4) is 0 Å². The van der Waals surface area contributed by atoms with Gasteiger partial charge in [0.25, 0.3) is 5.91 Å². The Morgan fingerprint density at radius 2 is 1.62 bits per heavy atom. The number of rotatable bonds is 4. The van der Waals surface area contributed by atoms with Crippen molar-refractivity contribution < 1.29 is 9.59 Å². The van der Waals surface area contributed by atoms with Gasteiger partial charge in [-0.15, -0.1) is 0 Å². The highest BCUT2D eigenvalue weighted by atomic mass is 16.2. The molecule has 5 nitrogen and oxygen atoms in total. The second-order valence-electron chi connectivity index (χ2n) is 4.56. The zero-order valence-corrected chi connectivity index (χ0v) is 11.7. The fraction of sp³-hybridized carbons (Fsp3) is 0.125. The quantitative estimate of drug-likeness (QED) is 0.754. The van der Waals surface area contributed by atoms with Gasteiger partial charge < -0.3 is 16.4 Å². The molecule has 21 heavy (non-hydrogen) atoms. The van der Waals surface area contributed by atoms with Gasteiger partial charge in [0, 0.05) is 29.0 Å². The number of carbonyl (C=O) groups excluding carboxylic acids is 2. The van der Waals surface area contributed by atoms with Gasteiger partial charge in [0.1, 0.15) is 0 Å². The molecule has 0 bridgehead atoms. The summed E-state index contributed by atoms with van der Waals surface area (Å²) in [4.78, 5) is 23.4. The van der Waals surface area contributed by atoms with Crippen LogP contribution in [0.2, 0.25) is 0 Å². The van der Waals surface area contributed by atoms with Gasteiger partial charge in [-0.1, -0.05) is 13.0 Å². The van der Waals surface area contributed by atoms with Gasteiger partial charge in [-0.2, -0.15) is 0 Å². The molecule has 2 amide bonds. The smallest absolute Gasteiger partial charge is 0.255 e. The molecular formula is C16H17N3O2. The molecule has 0 saturated carbocycles. The Labute approximate surface area is 123 Å². The third-order valence-electron chi connectivity index (χ3n) is 2.90. The van der Waals surface area contributed by atoms with Crippen LogP contribution in [-0.4, -0.2) is 11.8 Å². The molecule has 0 aliphatic rings. The van der Waals surface area contributed by atoms with Gasteiger partial charge in [0.2, 0.25) is 5.91 Å². The number of amides is 2. The summed E-state index contributed by atoms with van der Waals surface area (Å²) < 4.78 is 0. The third-order valence-corrected chi connectivity index (χ3v) is 2.90. The first-order valence-electron chi connectivity index (χ1n) is 6.65. The molecule has 0 saturated heterocycles. The summed E-state index contributed by atoms with van der Waals surface area (Å²) in [5, 5.41) is 5.52. The minimum atomic E-state index is -0.228. The van der Waals surface area contributed by atoms with Crippen molar-refractivity contribution in [1.82, 2.24) is 0 Å². The first kappa shape index (κ1) is 14.6. The molecule has 5 heteroatoms. The zero-order chi connectivity index (χ0) is 15.2. The molecule has 0 radical (unpaired) electrons. The van der Waals surface area contributed by atoms with E-state index in [0.717, 1.165) is 0 Å². The number of nitrogens with two attached hydrogens (primary N) is 1. The van der Waals surface area contributed by atoms with Crippen LogP contribution >= 0.6 is 0 Å². The van der Waals surface area contributed by atoms with Crippen molar-refractivity contribution in [1.29, 1.82) is 0 Å². The maximum atomic E-state index is 12.1. The van der Waals surface area contributed by atoms with E-state index < -0.39 is 0 Å². The lowest BCUT2D eigenvalue weighted by Crippen LogP contribution is -2.13. The Bertz CT molecular complexity index is 651. The molecule has 2 rings (SSSR count). The summed E-state index contributed by atoms with van der Waals surface area (Å²) in [6, 6.07) is 13.7. The van der Waals surface area contributed by atoms with E-state index in [1.165, 1.54) is 0 Å². The number of nitrogen functional groups attached to an aromatic ring is 1. The van der Waals surface area contributed by atoms with Gasteiger partial charge in [-0.3, -0.25) is 9.59 Å². The molecule has 4 N–H and O–H groups in total. The lowest BCUT2D eigenvalue weighted by molar-refractivity contribution is -0.115. The molecule has 0 unspecified atom stereocenters. The maximum absolute atomic E-state index is 12.1. The van der Waals surface area contributed by atoms with Gasteiger partial charge in [0.05, 0.1) is 0 Å². The van der Waals surface area contributed by atoms with Crippen molar-refractivity contribution in [2.75, 3.05) is 16.4 Å². The van der Waals surface area contributed by atoms with Gasteiger partial charge in [-0.05, 0) is 42.5 Å². The average Bonchev–Trinajstić information content (AvgIpc) is 2.48. The van der Waals surface area contributed by atoms with E-state index in [4.69, 9.17) is 5.73 Å². The Kier molecular flexibility index (Phi) is 4.56. The van der Waals surface area contributed by atoms with Gasteiger partial charge >= 0.3 is 0 Å². The molecule has 0 aliphatic heterocycles. The highest BCUT2D eigenvalue weighted by Crippen LogP contribution is 2.16. The summed E-state index contributed by atoms with van der Waals surface area (Å²) >= 11 is 0. The summed E-state index contributed by atoms with van der Waals surface area (Å²) in [5.41, 5.74) is 7.98. The third kappa shape index (κ3) is 4.07. The average molecular weight is 283 g/mol. The van der Waals surface area contributed by atoms with Crippen LogP contribution in [0.3, 0.4) is 0 Å². The van der Waals surface area contributed by atoms with Crippen molar-refractivity contribution in [3.05, 3.63) is 54.1 Å². The molecule has 108 valence electrons. The predicted molar refractivity (Wildman–Crippen MR) is 84.2 cm³/mol. The number of benzene rings is 2. The number of carbonyl (C=O) groups is 2. The predicted octanol–water partition coefficient (Wildman–Crippen LogP) is 2.87. The van der Waals surface area contributed by atoms with Crippen molar-refractivity contribution in [2.45, 2.75) is 13.3 Å².